The Morgan fingerprint density at radius 3 is 2.82 bits per heavy atom. The minimum absolute atomic E-state index is 0.0666. The highest BCUT2D eigenvalue weighted by Gasteiger charge is 2.26. The molecule has 0 radical (unpaired) electrons. The van der Waals surface area contributed by atoms with Gasteiger partial charge in [-0.2, -0.15) is 0 Å². The molecule has 0 aromatic carbocycles. The van der Waals surface area contributed by atoms with E-state index in [1.807, 2.05) is 36.7 Å². The molecule has 0 unspecified atom stereocenters. The Balaban J connectivity index is 2.11. The van der Waals surface area contributed by atoms with E-state index in [9.17, 15) is 4.79 Å². The van der Waals surface area contributed by atoms with Crippen LogP contribution in [0.3, 0.4) is 0 Å². The van der Waals surface area contributed by atoms with Gasteiger partial charge in [-0.05, 0) is 45.2 Å². The van der Waals surface area contributed by atoms with Crippen LogP contribution in [0.25, 0.3) is 0 Å². The highest BCUT2D eigenvalue weighted by molar-refractivity contribution is 5.93. The predicted molar refractivity (Wildman–Crippen MR) is 66.0 cm³/mol. The molecule has 1 aliphatic carbocycles. The highest BCUT2D eigenvalue weighted by Crippen LogP contribution is 2.32. The highest BCUT2D eigenvalue weighted by atomic mass is 16.3. The molecular weight excluding hydrogens is 216 g/mol. The van der Waals surface area contributed by atoms with E-state index in [1.54, 1.807) is 0 Å². The number of carbonyl (C=O) groups excluding carboxylic acids is 1. The fraction of sp³-hybridized carbons (Fsp3) is 0.615. The Kier molecular flexibility index (Phi) is 3.24. The molecule has 0 aliphatic heterocycles. The van der Waals surface area contributed by atoms with Crippen LogP contribution in [0, 0.1) is 0 Å². The number of hydrogen-bond acceptors (Lipinski definition) is 2. The van der Waals surface area contributed by atoms with E-state index in [2.05, 4.69) is 5.32 Å². The van der Waals surface area contributed by atoms with Gasteiger partial charge in [0.2, 0.25) is 0 Å². The lowest BCUT2D eigenvalue weighted by Gasteiger charge is -2.30. The van der Waals surface area contributed by atoms with Crippen molar-refractivity contribution in [2.75, 3.05) is 6.61 Å². The van der Waals surface area contributed by atoms with Gasteiger partial charge in [-0.3, -0.25) is 4.79 Å². The first kappa shape index (κ1) is 12.2. The molecule has 0 spiro atoms. The molecule has 0 saturated heterocycles. The third-order valence-electron chi connectivity index (χ3n) is 3.33. The number of nitrogens with one attached hydrogen (secondary N) is 1. The summed E-state index contributed by atoms with van der Waals surface area (Å²) in [6.45, 7) is 3.55. The summed E-state index contributed by atoms with van der Waals surface area (Å²) >= 11 is 0. The second-order valence-corrected chi connectivity index (χ2v) is 5.38. The third-order valence-corrected chi connectivity index (χ3v) is 3.33. The summed E-state index contributed by atoms with van der Waals surface area (Å²) < 4.78 is 2.05. The summed E-state index contributed by atoms with van der Waals surface area (Å²) in [7, 11) is 0. The van der Waals surface area contributed by atoms with E-state index < -0.39 is 5.54 Å². The monoisotopic (exact) mass is 236 g/mol. The first-order valence-electron chi connectivity index (χ1n) is 6.14. The molecule has 94 valence electrons. The summed E-state index contributed by atoms with van der Waals surface area (Å²) in [6, 6.07) is 4.21. The van der Waals surface area contributed by atoms with Crippen LogP contribution in [-0.2, 0) is 0 Å². The molecule has 1 aliphatic rings. The normalized spacial score (nSPS) is 16.6. The topological polar surface area (TPSA) is 54.3 Å². The fourth-order valence-electron chi connectivity index (χ4n) is 1.98. The maximum absolute atomic E-state index is 12.1. The van der Waals surface area contributed by atoms with Gasteiger partial charge in [0.05, 0.1) is 12.1 Å². The first-order chi connectivity index (χ1) is 8.03. The van der Waals surface area contributed by atoms with Crippen molar-refractivity contribution >= 4 is 5.91 Å². The Bertz CT molecular complexity index is 405. The average Bonchev–Trinajstić information content (AvgIpc) is 2.63. The number of aliphatic hydroxyl groups is 1. The molecule has 0 atom stereocenters. The molecular formula is C13H20N2O2. The first-order valence-corrected chi connectivity index (χ1v) is 6.14. The zero-order valence-corrected chi connectivity index (χ0v) is 10.4. The number of carbonyl (C=O) groups is 1. The lowest BCUT2D eigenvalue weighted by molar-refractivity contribution is 0.0854. The van der Waals surface area contributed by atoms with Crippen LogP contribution in [0.2, 0.25) is 0 Å². The van der Waals surface area contributed by atoms with E-state index in [0.29, 0.717) is 11.7 Å². The average molecular weight is 236 g/mol. The molecule has 1 fully saturated rings. The van der Waals surface area contributed by atoms with Crippen LogP contribution < -0.4 is 5.32 Å². The Morgan fingerprint density at radius 1 is 1.59 bits per heavy atom. The fourth-order valence-corrected chi connectivity index (χ4v) is 1.98. The SMILES string of the molecule is CC(C)(CO)NC(=O)c1cccn1C1CCC1. The molecule has 1 aromatic heterocycles. The van der Waals surface area contributed by atoms with Gasteiger partial charge in [-0.25, -0.2) is 0 Å². The number of hydrogen-bond donors (Lipinski definition) is 2. The van der Waals surface area contributed by atoms with Crippen molar-refractivity contribution in [3.05, 3.63) is 24.0 Å². The summed E-state index contributed by atoms with van der Waals surface area (Å²) in [6.07, 6.45) is 5.51. The molecule has 1 heterocycles. The van der Waals surface area contributed by atoms with Gasteiger partial charge < -0.3 is 15.0 Å². The summed E-state index contributed by atoms with van der Waals surface area (Å²) in [5.41, 5.74) is 0.113. The van der Waals surface area contributed by atoms with Crippen molar-refractivity contribution in [2.45, 2.75) is 44.7 Å². The van der Waals surface area contributed by atoms with E-state index in [0.717, 1.165) is 12.8 Å². The van der Waals surface area contributed by atoms with Crippen LogP contribution in [0.5, 0.6) is 0 Å². The Hall–Kier alpha value is -1.29. The van der Waals surface area contributed by atoms with Crippen molar-refractivity contribution < 1.29 is 9.90 Å². The van der Waals surface area contributed by atoms with Gasteiger partial charge in [-0.1, -0.05) is 0 Å². The van der Waals surface area contributed by atoms with E-state index >= 15 is 0 Å². The number of aliphatic hydroxyl groups excluding tert-OH is 1. The maximum Gasteiger partial charge on any atom is 0.268 e. The minimum Gasteiger partial charge on any atom is -0.394 e. The van der Waals surface area contributed by atoms with Crippen LogP contribution in [0.15, 0.2) is 18.3 Å². The maximum atomic E-state index is 12.1. The van der Waals surface area contributed by atoms with Crippen molar-refractivity contribution in [1.29, 1.82) is 0 Å². The molecule has 1 amide bonds. The van der Waals surface area contributed by atoms with Crippen LogP contribution in [0.4, 0.5) is 0 Å². The van der Waals surface area contributed by atoms with Gasteiger partial charge in [0, 0.05) is 12.2 Å². The molecule has 2 N–H and O–H groups in total. The molecule has 1 aromatic rings. The zero-order chi connectivity index (χ0) is 12.5. The second-order valence-electron chi connectivity index (χ2n) is 5.38. The summed E-state index contributed by atoms with van der Waals surface area (Å²) in [5, 5.41) is 12.0. The van der Waals surface area contributed by atoms with Crippen LogP contribution in [-0.4, -0.2) is 27.7 Å². The second kappa shape index (κ2) is 4.53. The molecule has 2 rings (SSSR count). The van der Waals surface area contributed by atoms with Gasteiger partial charge in [0.25, 0.3) is 5.91 Å². The van der Waals surface area contributed by atoms with Gasteiger partial charge in [0.1, 0.15) is 5.69 Å². The molecule has 1 saturated carbocycles. The minimum atomic E-state index is -0.578. The third kappa shape index (κ3) is 2.52. The summed E-state index contributed by atoms with van der Waals surface area (Å²) in [5.74, 6) is -0.110. The lowest BCUT2D eigenvalue weighted by Crippen LogP contribution is -2.47. The Labute approximate surface area is 102 Å². The van der Waals surface area contributed by atoms with E-state index in [1.165, 1.54) is 6.42 Å². The number of aromatic nitrogens is 1. The van der Waals surface area contributed by atoms with Gasteiger partial charge >= 0.3 is 0 Å². The van der Waals surface area contributed by atoms with Crippen LogP contribution in [0.1, 0.15) is 49.6 Å². The quantitative estimate of drug-likeness (QED) is 0.836. The van der Waals surface area contributed by atoms with Gasteiger partial charge in [0.15, 0.2) is 0 Å². The molecule has 4 heteroatoms. The zero-order valence-electron chi connectivity index (χ0n) is 10.4. The standard InChI is InChI=1S/C13H20N2O2/c1-13(2,9-16)14-12(17)11-7-4-8-15(11)10-5-3-6-10/h4,7-8,10,16H,3,5-6,9H2,1-2H3,(H,14,17). The molecule has 17 heavy (non-hydrogen) atoms. The van der Waals surface area contributed by atoms with E-state index in [-0.39, 0.29) is 12.5 Å². The Morgan fingerprint density at radius 2 is 2.29 bits per heavy atom. The van der Waals surface area contributed by atoms with Gasteiger partial charge in [-0.15, -0.1) is 0 Å². The number of amides is 1. The van der Waals surface area contributed by atoms with E-state index in [4.69, 9.17) is 5.11 Å². The predicted octanol–water partition coefficient (Wildman–Crippen LogP) is 1.71. The number of rotatable bonds is 4. The lowest BCUT2D eigenvalue weighted by atomic mass is 9.93. The number of nitrogens with zero attached hydrogens (tertiary/aromatic N) is 1. The van der Waals surface area contributed by atoms with Crippen molar-refractivity contribution in [1.82, 2.24) is 9.88 Å². The smallest absolute Gasteiger partial charge is 0.268 e. The molecule has 0 bridgehead atoms. The summed E-state index contributed by atoms with van der Waals surface area (Å²) in [4.78, 5) is 12.1. The largest absolute Gasteiger partial charge is 0.394 e. The van der Waals surface area contributed by atoms with Crippen molar-refractivity contribution in [3.8, 4) is 0 Å². The van der Waals surface area contributed by atoms with Crippen LogP contribution >= 0.6 is 0 Å². The molecule has 4 nitrogen and oxygen atoms in total. The van der Waals surface area contributed by atoms with Crippen molar-refractivity contribution in [3.63, 3.8) is 0 Å². The van der Waals surface area contributed by atoms with Crippen molar-refractivity contribution in [2.24, 2.45) is 0 Å².